The molecule has 2 aromatic rings. The van der Waals surface area contributed by atoms with Crippen LogP contribution in [-0.4, -0.2) is 13.1 Å². The molecule has 4 heteroatoms. The summed E-state index contributed by atoms with van der Waals surface area (Å²) in [7, 11) is 1.39. The van der Waals surface area contributed by atoms with E-state index >= 15 is 0 Å². The van der Waals surface area contributed by atoms with E-state index in [1.54, 1.807) is 12.1 Å². The summed E-state index contributed by atoms with van der Waals surface area (Å²) in [6.45, 7) is 4.88. The normalized spacial score (nSPS) is 10.3. The Balaban J connectivity index is 2.08. The summed E-state index contributed by atoms with van der Waals surface area (Å²) in [5, 5.41) is 3.45. The summed E-state index contributed by atoms with van der Waals surface area (Å²) in [5.41, 5.74) is 5.23. The van der Waals surface area contributed by atoms with Gasteiger partial charge in [-0.15, -0.1) is 0 Å². The van der Waals surface area contributed by atoms with Crippen molar-refractivity contribution in [2.24, 2.45) is 0 Å². The molecular formula is C17H18BrNO2. The van der Waals surface area contributed by atoms with Crippen LogP contribution in [0.25, 0.3) is 0 Å². The lowest BCUT2D eigenvalue weighted by atomic mass is 10.1. The number of carbonyl (C=O) groups excluding carboxylic acids is 1. The molecular weight excluding hydrogens is 330 g/mol. The Hall–Kier alpha value is -1.81. The minimum atomic E-state index is -0.311. The van der Waals surface area contributed by atoms with Crippen molar-refractivity contribution >= 4 is 27.6 Å². The number of hydrogen-bond donors (Lipinski definition) is 1. The molecule has 0 amide bonds. The summed E-state index contributed by atoms with van der Waals surface area (Å²) < 4.78 is 5.78. The molecule has 0 aliphatic rings. The number of nitrogens with one attached hydrogen (secondary N) is 1. The van der Waals surface area contributed by atoms with Crippen molar-refractivity contribution in [3.05, 3.63) is 63.1 Å². The second-order valence-corrected chi connectivity index (χ2v) is 5.87. The summed E-state index contributed by atoms with van der Waals surface area (Å²) >= 11 is 3.50. The average Bonchev–Trinajstić information content (AvgIpc) is 2.46. The van der Waals surface area contributed by atoms with E-state index in [1.165, 1.54) is 18.2 Å². The molecule has 21 heavy (non-hydrogen) atoms. The lowest BCUT2D eigenvalue weighted by Crippen LogP contribution is -2.04. The van der Waals surface area contributed by atoms with E-state index in [0.717, 1.165) is 15.7 Å². The van der Waals surface area contributed by atoms with Crippen molar-refractivity contribution in [3.63, 3.8) is 0 Å². The molecule has 0 aliphatic carbocycles. The van der Waals surface area contributed by atoms with Gasteiger partial charge < -0.3 is 10.1 Å². The first-order valence-electron chi connectivity index (χ1n) is 6.69. The third-order valence-electron chi connectivity index (χ3n) is 3.34. The van der Waals surface area contributed by atoms with Gasteiger partial charge >= 0.3 is 5.97 Å². The number of ether oxygens (including phenoxy) is 1. The van der Waals surface area contributed by atoms with Gasteiger partial charge in [0.05, 0.1) is 12.7 Å². The first-order valence-corrected chi connectivity index (χ1v) is 7.48. The van der Waals surface area contributed by atoms with Crippen molar-refractivity contribution in [2.45, 2.75) is 20.4 Å². The summed E-state index contributed by atoms with van der Waals surface area (Å²) in [5.74, 6) is -0.311. The van der Waals surface area contributed by atoms with E-state index in [1.807, 2.05) is 12.1 Å². The van der Waals surface area contributed by atoms with Crippen LogP contribution in [0.15, 0.2) is 40.9 Å². The maximum absolute atomic E-state index is 11.4. The SMILES string of the molecule is COC(=O)c1ccc(CNc2c(C)cc(Br)cc2C)cc1. The summed E-state index contributed by atoms with van der Waals surface area (Å²) in [6, 6.07) is 11.6. The van der Waals surface area contributed by atoms with Crippen LogP contribution in [0.4, 0.5) is 5.69 Å². The molecule has 1 N–H and O–H groups in total. The first kappa shape index (κ1) is 15.6. The first-order chi connectivity index (χ1) is 10.0. The molecule has 0 radical (unpaired) electrons. The molecule has 0 fully saturated rings. The van der Waals surface area contributed by atoms with E-state index in [0.29, 0.717) is 12.1 Å². The van der Waals surface area contributed by atoms with Crippen LogP contribution in [0.2, 0.25) is 0 Å². The van der Waals surface area contributed by atoms with Gasteiger partial charge in [0.2, 0.25) is 0 Å². The number of hydrogen-bond acceptors (Lipinski definition) is 3. The van der Waals surface area contributed by atoms with E-state index in [2.05, 4.69) is 52.0 Å². The van der Waals surface area contributed by atoms with Gasteiger partial charge in [0, 0.05) is 16.7 Å². The van der Waals surface area contributed by atoms with Crippen molar-refractivity contribution in [2.75, 3.05) is 12.4 Å². The molecule has 0 heterocycles. The topological polar surface area (TPSA) is 38.3 Å². The Morgan fingerprint density at radius 1 is 1.14 bits per heavy atom. The van der Waals surface area contributed by atoms with Gasteiger partial charge in [-0.2, -0.15) is 0 Å². The summed E-state index contributed by atoms with van der Waals surface area (Å²) in [6.07, 6.45) is 0. The fraction of sp³-hybridized carbons (Fsp3) is 0.235. The quantitative estimate of drug-likeness (QED) is 0.829. The van der Waals surface area contributed by atoms with E-state index in [-0.39, 0.29) is 5.97 Å². The second-order valence-electron chi connectivity index (χ2n) is 4.96. The molecule has 0 saturated heterocycles. The smallest absolute Gasteiger partial charge is 0.337 e. The van der Waals surface area contributed by atoms with Crippen LogP contribution in [0, 0.1) is 13.8 Å². The third kappa shape index (κ3) is 3.85. The second kappa shape index (κ2) is 6.76. The highest BCUT2D eigenvalue weighted by Gasteiger charge is 2.06. The Kier molecular flexibility index (Phi) is 5.02. The van der Waals surface area contributed by atoms with Crippen LogP contribution in [-0.2, 0) is 11.3 Å². The van der Waals surface area contributed by atoms with Crippen LogP contribution in [0.1, 0.15) is 27.0 Å². The van der Waals surface area contributed by atoms with Gasteiger partial charge in [0.25, 0.3) is 0 Å². The van der Waals surface area contributed by atoms with Crippen molar-refractivity contribution < 1.29 is 9.53 Å². The lowest BCUT2D eigenvalue weighted by Gasteiger charge is -2.13. The minimum Gasteiger partial charge on any atom is -0.465 e. The number of rotatable bonds is 4. The van der Waals surface area contributed by atoms with Crippen LogP contribution >= 0.6 is 15.9 Å². The highest BCUT2D eigenvalue weighted by molar-refractivity contribution is 9.10. The molecule has 0 saturated carbocycles. The maximum atomic E-state index is 11.4. The van der Waals surface area contributed by atoms with Crippen molar-refractivity contribution in [1.82, 2.24) is 0 Å². The average molecular weight is 348 g/mol. The number of halogens is 1. The highest BCUT2D eigenvalue weighted by Crippen LogP contribution is 2.25. The molecule has 0 aromatic heterocycles. The predicted molar refractivity (Wildman–Crippen MR) is 88.7 cm³/mol. The Morgan fingerprint density at radius 3 is 2.24 bits per heavy atom. The standard InChI is InChI=1S/C17H18BrNO2/c1-11-8-15(18)9-12(2)16(11)19-10-13-4-6-14(7-5-13)17(20)21-3/h4-9,19H,10H2,1-3H3. The number of carbonyl (C=O) groups is 1. The van der Waals surface area contributed by atoms with Crippen molar-refractivity contribution in [1.29, 1.82) is 0 Å². The fourth-order valence-electron chi connectivity index (χ4n) is 2.26. The van der Waals surface area contributed by atoms with Crippen molar-refractivity contribution in [3.8, 4) is 0 Å². The zero-order valence-corrected chi connectivity index (χ0v) is 14.0. The molecule has 2 rings (SSSR count). The van der Waals surface area contributed by atoms with Gasteiger partial charge in [-0.25, -0.2) is 4.79 Å². The molecule has 0 spiro atoms. The summed E-state index contributed by atoms with van der Waals surface area (Å²) in [4.78, 5) is 11.4. The fourth-order valence-corrected chi connectivity index (χ4v) is 2.94. The number of aryl methyl sites for hydroxylation is 2. The van der Waals surface area contributed by atoms with E-state index < -0.39 is 0 Å². The van der Waals surface area contributed by atoms with E-state index in [4.69, 9.17) is 0 Å². The lowest BCUT2D eigenvalue weighted by molar-refractivity contribution is 0.0600. The van der Waals surface area contributed by atoms with Gasteiger partial charge in [-0.1, -0.05) is 28.1 Å². The van der Waals surface area contributed by atoms with E-state index in [9.17, 15) is 4.79 Å². The number of benzene rings is 2. The molecule has 0 aliphatic heterocycles. The molecule has 0 unspecified atom stereocenters. The zero-order valence-electron chi connectivity index (χ0n) is 12.4. The van der Waals surface area contributed by atoms with Gasteiger partial charge in [-0.05, 0) is 54.8 Å². The highest BCUT2D eigenvalue weighted by atomic mass is 79.9. The Labute approximate surface area is 133 Å². The van der Waals surface area contributed by atoms with Crippen LogP contribution in [0.5, 0.6) is 0 Å². The predicted octanol–water partition coefficient (Wildman–Crippen LogP) is 4.46. The maximum Gasteiger partial charge on any atom is 0.337 e. The van der Waals surface area contributed by atoms with Crippen LogP contribution in [0.3, 0.4) is 0 Å². The molecule has 2 aromatic carbocycles. The molecule has 110 valence electrons. The molecule has 0 bridgehead atoms. The zero-order chi connectivity index (χ0) is 15.4. The Bertz CT molecular complexity index is 627. The molecule has 3 nitrogen and oxygen atoms in total. The van der Waals surface area contributed by atoms with Gasteiger partial charge in [0.15, 0.2) is 0 Å². The minimum absolute atomic E-state index is 0.311. The number of anilines is 1. The van der Waals surface area contributed by atoms with Gasteiger partial charge in [-0.3, -0.25) is 0 Å². The largest absolute Gasteiger partial charge is 0.465 e. The number of esters is 1. The number of methoxy groups -OCH3 is 1. The third-order valence-corrected chi connectivity index (χ3v) is 3.80. The Morgan fingerprint density at radius 2 is 1.71 bits per heavy atom. The monoisotopic (exact) mass is 347 g/mol. The molecule has 0 atom stereocenters. The van der Waals surface area contributed by atoms with Gasteiger partial charge in [0.1, 0.15) is 0 Å². The van der Waals surface area contributed by atoms with Crippen LogP contribution < -0.4 is 5.32 Å².